The van der Waals surface area contributed by atoms with Crippen molar-refractivity contribution < 1.29 is 0 Å². The summed E-state index contributed by atoms with van der Waals surface area (Å²) in [7, 11) is 0. The largest absolute Gasteiger partial charge is 0.305 e. The molecule has 0 saturated heterocycles. The highest BCUT2D eigenvalue weighted by Gasteiger charge is 2.13. The number of hydrogen-bond acceptors (Lipinski definition) is 1. The molecule has 0 bridgehead atoms. The van der Waals surface area contributed by atoms with Crippen LogP contribution >= 0.6 is 15.9 Å². The first kappa shape index (κ1) is 7.99. The predicted molar refractivity (Wildman–Crippen MR) is 53.9 cm³/mol. The van der Waals surface area contributed by atoms with Gasteiger partial charge in [0.1, 0.15) is 0 Å². The summed E-state index contributed by atoms with van der Waals surface area (Å²) >= 11 is 3.44. The standard InChI is InChI=1S/C10H10BrN/c11-8-4-5-9-7(6-8)2-1-3-10(9)12/h4-6,12H,1-3H2. The smallest absolute Gasteiger partial charge is 0.0389 e. The minimum Gasteiger partial charge on any atom is -0.305 e. The molecule has 0 amide bonds. The summed E-state index contributed by atoms with van der Waals surface area (Å²) < 4.78 is 1.12. The molecule has 1 aromatic rings. The van der Waals surface area contributed by atoms with Crippen LogP contribution in [0.1, 0.15) is 24.0 Å². The molecule has 0 saturated carbocycles. The molecule has 0 unspecified atom stereocenters. The van der Waals surface area contributed by atoms with Crippen LogP contribution in [0.2, 0.25) is 0 Å². The van der Waals surface area contributed by atoms with Crippen molar-refractivity contribution in [2.75, 3.05) is 0 Å². The molecule has 2 heteroatoms. The van der Waals surface area contributed by atoms with E-state index < -0.39 is 0 Å². The van der Waals surface area contributed by atoms with Crippen LogP contribution in [0.15, 0.2) is 22.7 Å². The summed E-state index contributed by atoms with van der Waals surface area (Å²) in [5.41, 5.74) is 3.26. The summed E-state index contributed by atoms with van der Waals surface area (Å²) in [6.45, 7) is 0. The number of halogens is 1. The molecule has 0 spiro atoms. The molecule has 62 valence electrons. The van der Waals surface area contributed by atoms with Crippen molar-refractivity contribution in [3.63, 3.8) is 0 Å². The maximum absolute atomic E-state index is 7.73. The first-order chi connectivity index (χ1) is 5.77. The summed E-state index contributed by atoms with van der Waals surface area (Å²) in [6.07, 6.45) is 3.19. The number of aryl methyl sites for hydroxylation is 1. The SMILES string of the molecule is N=C1CCCc2cc(Br)ccc21. The van der Waals surface area contributed by atoms with E-state index in [2.05, 4.69) is 22.0 Å². The van der Waals surface area contributed by atoms with E-state index in [4.69, 9.17) is 5.41 Å². The van der Waals surface area contributed by atoms with Crippen LogP contribution in [0.4, 0.5) is 0 Å². The maximum Gasteiger partial charge on any atom is 0.0389 e. The van der Waals surface area contributed by atoms with Gasteiger partial charge in [-0.1, -0.05) is 22.0 Å². The molecule has 1 aliphatic rings. The molecule has 0 heterocycles. The summed E-state index contributed by atoms with van der Waals surface area (Å²) in [5.74, 6) is 0. The van der Waals surface area contributed by atoms with E-state index in [1.54, 1.807) is 0 Å². The Morgan fingerprint density at radius 3 is 2.92 bits per heavy atom. The number of rotatable bonds is 0. The van der Waals surface area contributed by atoms with Gasteiger partial charge in [-0.15, -0.1) is 0 Å². The average Bonchev–Trinajstić information content (AvgIpc) is 2.04. The van der Waals surface area contributed by atoms with Crippen LogP contribution in [-0.4, -0.2) is 5.71 Å². The molecular formula is C10H10BrN. The van der Waals surface area contributed by atoms with Gasteiger partial charge in [-0.3, -0.25) is 0 Å². The van der Waals surface area contributed by atoms with Gasteiger partial charge < -0.3 is 5.41 Å². The molecule has 0 atom stereocenters. The lowest BCUT2D eigenvalue weighted by Gasteiger charge is -2.16. The Balaban J connectivity index is 2.53. The number of fused-ring (bicyclic) bond motifs is 1. The second-order valence-electron chi connectivity index (χ2n) is 3.13. The lowest BCUT2D eigenvalue weighted by atomic mass is 9.90. The molecule has 1 aromatic carbocycles. The van der Waals surface area contributed by atoms with Crippen LogP contribution in [0.3, 0.4) is 0 Å². The zero-order valence-electron chi connectivity index (χ0n) is 6.73. The van der Waals surface area contributed by atoms with Gasteiger partial charge in [-0.25, -0.2) is 0 Å². The zero-order chi connectivity index (χ0) is 8.55. The molecule has 0 radical (unpaired) electrons. The van der Waals surface area contributed by atoms with Crippen molar-refractivity contribution in [1.82, 2.24) is 0 Å². The topological polar surface area (TPSA) is 23.9 Å². The molecule has 1 aliphatic carbocycles. The summed E-state index contributed by atoms with van der Waals surface area (Å²) in [6, 6.07) is 6.18. The fourth-order valence-electron chi connectivity index (χ4n) is 1.65. The molecular weight excluding hydrogens is 214 g/mol. The Labute approximate surface area is 80.4 Å². The Hall–Kier alpha value is -0.630. The van der Waals surface area contributed by atoms with E-state index >= 15 is 0 Å². The van der Waals surface area contributed by atoms with Gasteiger partial charge in [-0.2, -0.15) is 0 Å². The highest BCUT2D eigenvalue weighted by atomic mass is 79.9. The fraction of sp³-hybridized carbons (Fsp3) is 0.300. The minimum absolute atomic E-state index is 0.795. The van der Waals surface area contributed by atoms with Gasteiger partial charge in [0.25, 0.3) is 0 Å². The molecule has 2 rings (SSSR count). The van der Waals surface area contributed by atoms with E-state index in [0.29, 0.717) is 0 Å². The van der Waals surface area contributed by atoms with E-state index in [1.807, 2.05) is 12.1 Å². The second-order valence-corrected chi connectivity index (χ2v) is 4.05. The van der Waals surface area contributed by atoms with Crippen molar-refractivity contribution in [1.29, 1.82) is 5.41 Å². The lowest BCUT2D eigenvalue weighted by molar-refractivity contribution is 0.834. The first-order valence-electron chi connectivity index (χ1n) is 4.13. The third-order valence-corrected chi connectivity index (χ3v) is 2.76. The monoisotopic (exact) mass is 223 g/mol. The quantitative estimate of drug-likeness (QED) is 0.699. The maximum atomic E-state index is 7.73. The van der Waals surface area contributed by atoms with E-state index in [9.17, 15) is 0 Å². The van der Waals surface area contributed by atoms with Gasteiger partial charge in [0.15, 0.2) is 0 Å². The van der Waals surface area contributed by atoms with Gasteiger partial charge in [0, 0.05) is 10.2 Å². The van der Waals surface area contributed by atoms with Gasteiger partial charge in [0.05, 0.1) is 0 Å². The highest BCUT2D eigenvalue weighted by molar-refractivity contribution is 9.10. The Morgan fingerprint density at radius 1 is 1.25 bits per heavy atom. The van der Waals surface area contributed by atoms with E-state index in [1.165, 1.54) is 5.56 Å². The van der Waals surface area contributed by atoms with Crippen molar-refractivity contribution >= 4 is 21.6 Å². The van der Waals surface area contributed by atoms with Crippen molar-refractivity contribution in [2.45, 2.75) is 19.3 Å². The van der Waals surface area contributed by atoms with E-state index in [-0.39, 0.29) is 0 Å². The number of nitrogens with one attached hydrogen (secondary N) is 1. The molecule has 12 heavy (non-hydrogen) atoms. The van der Waals surface area contributed by atoms with Crippen molar-refractivity contribution in [3.8, 4) is 0 Å². The van der Waals surface area contributed by atoms with Crippen LogP contribution < -0.4 is 0 Å². The molecule has 0 aromatic heterocycles. The minimum atomic E-state index is 0.795. The first-order valence-corrected chi connectivity index (χ1v) is 4.93. The van der Waals surface area contributed by atoms with Crippen LogP contribution in [0.5, 0.6) is 0 Å². The average molecular weight is 224 g/mol. The third kappa shape index (κ3) is 1.31. The zero-order valence-corrected chi connectivity index (χ0v) is 8.32. The van der Waals surface area contributed by atoms with Gasteiger partial charge in [-0.05, 0) is 42.5 Å². The van der Waals surface area contributed by atoms with Gasteiger partial charge in [0.2, 0.25) is 0 Å². The molecule has 1 nitrogen and oxygen atoms in total. The van der Waals surface area contributed by atoms with Crippen molar-refractivity contribution in [2.24, 2.45) is 0 Å². The highest BCUT2D eigenvalue weighted by Crippen LogP contribution is 2.24. The lowest BCUT2D eigenvalue weighted by Crippen LogP contribution is -2.10. The van der Waals surface area contributed by atoms with Gasteiger partial charge >= 0.3 is 0 Å². The molecule has 0 fully saturated rings. The van der Waals surface area contributed by atoms with Crippen LogP contribution in [0.25, 0.3) is 0 Å². The predicted octanol–water partition coefficient (Wildman–Crippen LogP) is 3.15. The Kier molecular flexibility index (Phi) is 2.01. The second kappa shape index (κ2) is 3.02. The normalized spacial score (nSPS) is 15.9. The molecule has 1 N–H and O–H groups in total. The third-order valence-electron chi connectivity index (χ3n) is 2.27. The fourth-order valence-corrected chi connectivity index (χ4v) is 2.06. The summed E-state index contributed by atoms with van der Waals surface area (Å²) in [4.78, 5) is 0. The van der Waals surface area contributed by atoms with E-state index in [0.717, 1.165) is 35.0 Å². The number of benzene rings is 1. The van der Waals surface area contributed by atoms with Crippen molar-refractivity contribution in [3.05, 3.63) is 33.8 Å². The Bertz CT molecular complexity index is 331. The van der Waals surface area contributed by atoms with Crippen LogP contribution in [0, 0.1) is 5.41 Å². The molecule has 0 aliphatic heterocycles. The number of hydrogen-bond donors (Lipinski definition) is 1. The Morgan fingerprint density at radius 2 is 2.08 bits per heavy atom. The summed E-state index contributed by atoms with van der Waals surface area (Å²) in [5, 5.41) is 7.73. The van der Waals surface area contributed by atoms with Crippen LogP contribution in [-0.2, 0) is 6.42 Å².